The lowest BCUT2D eigenvalue weighted by atomic mass is 10.0. The fourth-order valence-electron chi connectivity index (χ4n) is 1.87. The Bertz CT molecular complexity index is 715. The number of hydrogen-bond acceptors (Lipinski definition) is 4. The first-order chi connectivity index (χ1) is 9.99. The van der Waals surface area contributed by atoms with Crippen LogP contribution in [-0.2, 0) is 0 Å². The molecule has 0 radical (unpaired) electrons. The Labute approximate surface area is 122 Å². The zero-order valence-corrected chi connectivity index (χ0v) is 11.4. The van der Waals surface area contributed by atoms with Gasteiger partial charge in [-0.1, -0.05) is 30.3 Å². The van der Waals surface area contributed by atoms with Gasteiger partial charge in [0, 0.05) is 17.2 Å². The second-order valence-corrected chi connectivity index (χ2v) is 4.55. The summed E-state index contributed by atoms with van der Waals surface area (Å²) in [7, 11) is 0. The monoisotopic (exact) mass is 282 g/mol. The van der Waals surface area contributed by atoms with E-state index in [1.54, 1.807) is 24.3 Å². The molecule has 21 heavy (non-hydrogen) atoms. The molecule has 0 aliphatic rings. The van der Waals surface area contributed by atoms with Crippen LogP contribution >= 0.6 is 0 Å². The quantitative estimate of drug-likeness (QED) is 0.667. The Morgan fingerprint density at radius 1 is 1.00 bits per heavy atom. The Kier molecular flexibility index (Phi) is 4.18. The van der Waals surface area contributed by atoms with Crippen molar-refractivity contribution in [2.45, 2.75) is 6.92 Å². The molecule has 0 saturated carbocycles. The Morgan fingerprint density at radius 2 is 1.67 bits per heavy atom. The van der Waals surface area contributed by atoms with E-state index >= 15 is 0 Å². The van der Waals surface area contributed by atoms with E-state index in [1.807, 2.05) is 6.07 Å². The fourth-order valence-corrected chi connectivity index (χ4v) is 1.87. The molecule has 0 unspecified atom stereocenters. The summed E-state index contributed by atoms with van der Waals surface area (Å²) in [6.07, 6.45) is 2.72. The van der Waals surface area contributed by atoms with Crippen molar-refractivity contribution in [3.8, 4) is 11.5 Å². The van der Waals surface area contributed by atoms with Gasteiger partial charge in [-0.3, -0.25) is 9.59 Å². The molecule has 0 saturated heterocycles. The number of Topliss-reactive ketones (excluding diaryl/α,β-unsaturated/α-hetero) is 1. The second kappa shape index (κ2) is 6.05. The highest BCUT2D eigenvalue weighted by molar-refractivity contribution is 6.07. The van der Waals surface area contributed by atoms with Crippen LogP contribution in [0, 0.1) is 0 Å². The average molecular weight is 282 g/mol. The van der Waals surface area contributed by atoms with Gasteiger partial charge in [0.05, 0.1) is 5.56 Å². The van der Waals surface area contributed by atoms with Crippen molar-refractivity contribution < 1.29 is 19.8 Å². The molecule has 0 atom stereocenters. The molecule has 106 valence electrons. The van der Waals surface area contributed by atoms with Gasteiger partial charge in [-0.05, 0) is 25.1 Å². The number of phenolic OH excluding ortho intramolecular Hbond substituents is 2. The predicted molar refractivity (Wildman–Crippen MR) is 79.6 cm³/mol. The van der Waals surface area contributed by atoms with E-state index in [0.29, 0.717) is 11.1 Å². The molecule has 2 rings (SSSR count). The van der Waals surface area contributed by atoms with Gasteiger partial charge >= 0.3 is 0 Å². The third kappa shape index (κ3) is 3.36. The first-order valence-corrected chi connectivity index (χ1v) is 6.33. The maximum atomic E-state index is 11.9. The van der Waals surface area contributed by atoms with Gasteiger partial charge in [0.25, 0.3) is 0 Å². The van der Waals surface area contributed by atoms with E-state index in [2.05, 4.69) is 0 Å². The molecule has 0 fully saturated rings. The third-order valence-electron chi connectivity index (χ3n) is 3.00. The van der Waals surface area contributed by atoms with Crippen LogP contribution in [0.5, 0.6) is 11.5 Å². The van der Waals surface area contributed by atoms with Crippen LogP contribution in [0.1, 0.15) is 33.2 Å². The first kappa shape index (κ1) is 14.5. The number of hydrogen-bond donors (Lipinski definition) is 2. The van der Waals surface area contributed by atoms with Gasteiger partial charge in [-0.2, -0.15) is 0 Å². The molecule has 4 nitrogen and oxygen atoms in total. The van der Waals surface area contributed by atoms with Gasteiger partial charge < -0.3 is 10.2 Å². The minimum absolute atomic E-state index is 0.0969. The van der Waals surface area contributed by atoms with Crippen molar-refractivity contribution in [3.63, 3.8) is 0 Å². The lowest BCUT2D eigenvalue weighted by Gasteiger charge is -2.05. The van der Waals surface area contributed by atoms with Crippen LogP contribution in [-0.4, -0.2) is 21.8 Å². The van der Waals surface area contributed by atoms with Gasteiger partial charge in [-0.15, -0.1) is 0 Å². The van der Waals surface area contributed by atoms with Crippen LogP contribution in [0.25, 0.3) is 6.08 Å². The molecule has 2 aromatic carbocycles. The number of ketones is 2. The summed E-state index contributed by atoms with van der Waals surface area (Å²) >= 11 is 0. The minimum Gasteiger partial charge on any atom is -0.507 e. The van der Waals surface area contributed by atoms with Crippen molar-refractivity contribution in [2.75, 3.05) is 0 Å². The van der Waals surface area contributed by atoms with Crippen LogP contribution in [0.2, 0.25) is 0 Å². The zero-order valence-electron chi connectivity index (χ0n) is 11.4. The maximum Gasteiger partial charge on any atom is 0.185 e. The lowest BCUT2D eigenvalue weighted by Crippen LogP contribution is -1.95. The third-order valence-corrected chi connectivity index (χ3v) is 3.00. The van der Waals surface area contributed by atoms with Crippen LogP contribution in [0.4, 0.5) is 0 Å². The highest BCUT2D eigenvalue weighted by atomic mass is 16.3. The normalized spacial score (nSPS) is 10.7. The Balaban J connectivity index is 2.31. The molecule has 0 aliphatic heterocycles. The van der Waals surface area contributed by atoms with Crippen LogP contribution in [0.15, 0.2) is 48.5 Å². The smallest absolute Gasteiger partial charge is 0.185 e. The largest absolute Gasteiger partial charge is 0.507 e. The average Bonchev–Trinajstić information content (AvgIpc) is 2.46. The summed E-state index contributed by atoms with van der Waals surface area (Å²) in [6, 6.07) is 11.1. The van der Waals surface area contributed by atoms with E-state index in [-0.39, 0.29) is 28.6 Å². The summed E-state index contributed by atoms with van der Waals surface area (Å²) in [5.74, 6) is -1.02. The summed E-state index contributed by atoms with van der Waals surface area (Å²) < 4.78 is 0. The molecule has 0 aromatic heterocycles. The summed E-state index contributed by atoms with van der Waals surface area (Å²) in [5, 5.41) is 19.3. The highest BCUT2D eigenvalue weighted by Gasteiger charge is 2.11. The van der Waals surface area contributed by atoms with Crippen molar-refractivity contribution >= 4 is 17.6 Å². The summed E-state index contributed by atoms with van der Waals surface area (Å²) in [4.78, 5) is 23.3. The number of carbonyl (C=O) groups excluding carboxylic acids is 2. The molecule has 2 N–H and O–H groups in total. The number of aromatic hydroxyl groups is 2. The van der Waals surface area contributed by atoms with E-state index < -0.39 is 0 Å². The molecule has 4 heteroatoms. The lowest BCUT2D eigenvalue weighted by molar-refractivity contribution is 0.101. The van der Waals surface area contributed by atoms with E-state index in [9.17, 15) is 19.8 Å². The first-order valence-electron chi connectivity index (χ1n) is 6.33. The molecular formula is C17H14O4. The molecular weight excluding hydrogens is 268 g/mol. The topological polar surface area (TPSA) is 74.6 Å². The van der Waals surface area contributed by atoms with E-state index in [4.69, 9.17) is 0 Å². The number of phenols is 2. The Hall–Kier alpha value is -2.88. The van der Waals surface area contributed by atoms with Crippen molar-refractivity contribution in [2.24, 2.45) is 0 Å². The summed E-state index contributed by atoms with van der Waals surface area (Å²) in [5.41, 5.74) is 0.917. The predicted octanol–water partition coefficient (Wildman–Crippen LogP) is 3.20. The van der Waals surface area contributed by atoms with Crippen LogP contribution in [0.3, 0.4) is 0 Å². The standard InChI is InChI=1S/C17H14O4/c1-11(18)14-9-13(16(20)10-17(14)21)7-8-15(19)12-5-3-2-4-6-12/h2-10,20-21H,1H3. The zero-order chi connectivity index (χ0) is 15.4. The Morgan fingerprint density at radius 3 is 2.29 bits per heavy atom. The maximum absolute atomic E-state index is 11.9. The van der Waals surface area contributed by atoms with Gasteiger partial charge in [0.2, 0.25) is 0 Å². The number of benzene rings is 2. The van der Waals surface area contributed by atoms with Crippen molar-refractivity contribution in [1.82, 2.24) is 0 Å². The SMILES string of the molecule is CC(=O)c1cc(C=CC(=O)c2ccccc2)c(O)cc1O. The van der Waals surface area contributed by atoms with Crippen LogP contribution < -0.4 is 0 Å². The summed E-state index contributed by atoms with van der Waals surface area (Å²) in [6.45, 7) is 1.31. The molecule has 0 amide bonds. The number of rotatable bonds is 4. The van der Waals surface area contributed by atoms with Crippen molar-refractivity contribution in [3.05, 3.63) is 65.2 Å². The number of allylic oxidation sites excluding steroid dienone is 1. The van der Waals surface area contributed by atoms with Gasteiger partial charge in [0.1, 0.15) is 11.5 Å². The molecule has 0 spiro atoms. The number of carbonyl (C=O) groups is 2. The van der Waals surface area contributed by atoms with E-state index in [0.717, 1.165) is 6.07 Å². The second-order valence-electron chi connectivity index (χ2n) is 4.55. The minimum atomic E-state index is -0.323. The molecule has 2 aromatic rings. The highest BCUT2D eigenvalue weighted by Crippen LogP contribution is 2.28. The van der Waals surface area contributed by atoms with Gasteiger partial charge in [0.15, 0.2) is 11.6 Å². The molecule has 0 aliphatic carbocycles. The fraction of sp³-hybridized carbons (Fsp3) is 0.0588. The molecule has 0 heterocycles. The molecule has 0 bridgehead atoms. The van der Waals surface area contributed by atoms with Gasteiger partial charge in [-0.25, -0.2) is 0 Å². The van der Waals surface area contributed by atoms with E-state index in [1.165, 1.54) is 25.1 Å². The van der Waals surface area contributed by atoms with Crippen molar-refractivity contribution in [1.29, 1.82) is 0 Å².